The summed E-state index contributed by atoms with van der Waals surface area (Å²) in [5, 5.41) is 2.07. The van der Waals surface area contributed by atoms with Crippen LogP contribution < -0.4 is 9.47 Å². The highest BCUT2D eigenvalue weighted by atomic mass is 32.2. The molecule has 0 aromatic heterocycles. The highest BCUT2D eigenvalue weighted by molar-refractivity contribution is 7.86. The molecule has 74 heavy (non-hydrogen) atoms. The van der Waals surface area contributed by atoms with Gasteiger partial charge in [0.1, 0.15) is 13.2 Å². The van der Waals surface area contributed by atoms with Crippen LogP contribution in [0.2, 0.25) is 0 Å². The SMILES string of the molecule is O=S(=O)(O)CCCOCCOCCOCCOCCOCCOCCOCCOCCOc1cc2ccccc2cc1OCCOCCOCCOCCOCCOCCOCCOCCOCCCS(=O)(=O)O. The summed E-state index contributed by atoms with van der Waals surface area (Å²) in [6.07, 6.45) is 0.469. The molecule has 0 aliphatic heterocycles. The van der Waals surface area contributed by atoms with Crippen LogP contribution in [-0.4, -0.2) is 262 Å². The van der Waals surface area contributed by atoms with Crippen LogP contribution in [0.3, 0.4) is 0 Å². The zero-order valence-electron chi connectivity index (χ0n) is 43.0. The summed E-state index contributed by atoms with van der Waals surface area (Å²) in [6.45, 7) is 13.8. The summed E-state index contributed by atoms with van der Waals surface area (Å²) in [4.78, 5) is 0. The van der Waals surface area contributed by atoms with Crippen molar-refractivity contribution in [2.24, 2.45) is 0 Å². The standard InChI is InChI=1S/C48H84O24S2/c49-73(50,51)41-3-7-55-9-11-57-13-15-59-17-19-61-21-23-63-25-27-65-29-31-67-33-35-69-37-39-71-47-43-45-5-1-2-6-46(45)44-48(47)72-40-38-70-36-34-68-32-30-66-28-26-64-24-22-62-20-18-60-16-14-58-12-10-56-8-4-42-74(52,53)54/h1-2,5-6,43-44H,3-4,7-42H2,(H,49,50,51)(H,52,53,54). The highest BCUT2D eigenvalue weighted by Gasteiger charge is 2.09. The van der Waals surface area contributed by atoms with Crippen LogP contribution in [0.25, 0.3) is 10.8 Å². The molecule has 0 unspecified atom stereocenters. The van der Waals surface area contributed by atoms with Gasteiger partial charge in [-0.1, -0.05) is 24.3 Å². The van der Waals surface area contributed by atoms with Crippen LogP contribution >= 0.6 is 0 Å². The number of ether oxygens (including phenoxy) is 18. The lowest BCUT2D eigenvalue weighted by Crippen LogP contribution is -2.15. The Morgan fingerprint density at radius 1 is 0.270 bits per heavy atom. The Morgan fingerprint density at radius 3 is 0.635 bits per heavy atom. The molecule has 0 atom stereocenters. The average Bonchev–Trinajstić information content (AvgIpc) is 3.37. The molecular weight excluding hydrogens is 1020 g/mol. The molecule has 2 rings (SSSR count). The van der Waals surface area contributed by atoms with Crippen molar-refractivity contribution < 1.29 is 111 Å². The van der Waals surface area contributed by atoms with E-state index in [1.54, 1.807) is 0 Å². The molecule has 0 amide bonds. The lowest BCUT2D eigenvalue weighted by atomic mass is 10.1. The number of rotatable bonds is 58. The van der Waals surface area contributed by atoms with E-state index in [2.05, 4.69) is 0 Å². The summed E-state index contributed by atoms with van der Waals surface area (Å²) in [7, 11) is -7.89. The third-order valence-corrected chi connectivity index (χ3v) is 11.0. The Kier molecular flexibility index (Phi) is 44.6. The lowest BCUT2D eigenvalue weighted by molar-refractivity contribution is -0.0237. The third-order valence-electron chi connectivity index (χ3n) is 9.37. The summed E-state index contributed by atoms with van der Waals surface area (Å²) in [5.41, 5.74) is 0. The molecular formula is C48H84O24S2. The van der Waals surface area contributed by atoms with E-state index >= 15 is 0 Å². The van der Waals surface area contributed by atoms with E-state index in [1.165, 1.54) is 0 Å². The predicted molar refractivity (Wildman–Crippen MR) is 270 cm³/mol. The fourth-order valence-corrected chi connectivity index (χ4v) is 6.78. The first kappa shape index (κ1) is 67.6. The minimum atomic E-state index is -3.94. The van der Waals surface area contributed by atoms with Gasteiger partial charge in [0.2, 0.25) is 0 Å². The van der Waals surface area contributed by atoms with Gasteiger partial charge >= 0.3 is 0 Å². The maximum atomic E-state index is 10.6. The first-order chi connectivity index (χ1) is 36.1. The van der Waals surface area contributed by atoms with Crippen molar-refractivity contribution in [2.45, 2.75) is 12.8 Å². The van der Waals surface area contributed by atoms with Gasteiger partial charge in [0, 0.05) is 13.2 Å². The van der Waals surface area contributed by atoms with Crippen LogP contribution in [-0.2, 0) is 96.0 Å². The molecule has 0 saturated carbocycles. The Morgan fingerprint density at radius 2 is 0.446 bits per heavy atom. The Labute approximate surface area is 437 Å². The summed E-state index contributed by atoms with van der Waals surface area (Å²) < 4.78 is 160. The largest absolute Gasteiger partial charge is 0.487 e. The Hall–Kier alpha value is -2.52. The van der Waals surface area contributed by atoms with Gasteiger partial charge < -0.3 is 85.3 Å². The van der Waals surface area contributed by atoms with Crippen molar-refractivity contribution in [3.8, 4) is 11.5 Å². The number of hydrogen-bond acceptors (Lipinski definition) is 22. The van der Waals surface area contributed by atoms with Crippen molar-refractivity contribution in [3.63, 3.8) is 0 Å². The van der Waals surface area contributed by atoms with Crippen molar-refractivity contribution in [1.82, 2.24) is 0 Å². The summed E-state index contributed by atoms with van der Waals surface area (Å²) in [6, 6.07) is 11.9. The Balaban J connectivity index is 1.32. The van der Waals surface area contributed by atoms with Gasteiger partial charge in [-0.05, 0) is 35.7 Å². The van der Waals surface area contributed by atoms with Crippen molar-refractivity contribution >= 4 is 31.0 Å². The average molecular weight is 1110 g/mol. The van der Waals surface area contributed by atoms with Gasteiger partial charge in [0.05, 0.1) is 210 Å². The van der Waals surface area contributed by atoms with Gasteiger partial charge in [-0.25, -0.2) is 0 Å². The molecule has 2 aromatic carbocycles. The molecule has 2 N–H and O–H groups in total. The van der Waals surface area contributed by atoms with Crippen LogP contribution in [0.1, 0.15) is 12.8 Å². The number of benzene rings is 2. The second-order valence-electron chi connectivity index (χ2n) is 15.4. The van der Waals surface area contributed by atoms with E-state index in [-0.39, 0.29) is 37.6 Å². The number of fused-ring (bicyclic) bond motifs is 1. The second-order valence-corrected chi connectivity index (χ2v) is 18.6. The van der Waals surface area contributed by atoms with Gasteiger partial charge in [-0.3, -0.25) is 9.11 Å². The molecule has 432 valence electrons. The predicted octanol–water partition coefficient (Wildman–Crippen LogP) is 2.42. The first-order valence-electron chi connectivity index (χ1n) is 25.1. The highest BCUT2D eigenvalue weighted by Crippen LogP contribution is 2.32. The smallest absolute Gasteiger partial charge is 0.264 e. The lowest BCUT2D eigenvalue weighted by Gasteiger charge is -2.15. The summed E-state index contributed by atoms with van der Waals surface area (Å²) >= 11 is 0. The fraction of sp³-hybridized carbons (Fsp3) is 0.792. The van der Waals surface area contributed by atoms with Crippen LogP contribution in [0.15, 0.2) is 36.4 Å². The maximum Gasteiger partial charge on any atom is 0.264 e. The molecule has 0 fully saturated rings. The van der Waals surface area contributed by atoms with E-state index < -0.39 is 20.2 Å². The minimum Gasteiger partial charge on any atom is -0.487 e. The van der Waals surface area contributed by atoms with Crippen LogP contribution in [0, 0.1) is 0 Å². The maximum absolute atomic E-state index is 10.6. The van der Waals surface area contributed by atoms with Crippen molar-refractivity contribution in [3.05, 3.63) is 36.4 Å². The Bertz CT molecular complexity index is 1650. The van der Waals surface area contributed by atoms with Crippen molar-refractivity contribution in [1.29, 1.82) is 0 Å². The van der Waals surface area contributed by atoms with Gasteiger partial charge in [-0.15, -0.1) is 0 Å². The topological polar surface area (TPSA) is 275 Å². The molecule has 0 radical (unpaired) electrons. The van der Waals surface area contributed by atoms with E-state index in [0.717, 1.165) is 10.8 Å². The van der Waals surface area contributed by atoms with Gasteiger partial charge in [0.15, 0.2) is 11.5 Å². The molecule has 26 heteroatoms. The molecule has 0 aliphatic carbocycles. The van der Waals surface area contributed by atoms with E-state index in [9.17, 15) is 16.8 Å². The fourth-order valence-electron chi connectivity index (χ4n) is 5.81. The molecule has 24 nitrogen and oxygen atoms in total. The zero-order valence-corrected chi connectivity index (χ0v) is 44.7. The zero-order chi connectivity index (χ0) is 53.2. The summed E-state index contributed by atoms with van der Waals surface area (Å²) in [5.74, 6) is 0.617. The molecule has 0 saturated heterocycles. The van der Waals surface area contributed by atoms with E-state index in [4.69, 9.17) is 94.4 Å². The van der Waals surface area contributed by atoms with Crippen LogP contribution in [0.4, 0.5) is 0 Å². The minimum absolute atomic E-state index is 0.234. The monoisotopic (exact) mass is 1110 g/mol. The molecule has 0 aliphatic rings. The quantitative estimate of drug-likeness (QED) is 0.0711. The van der Waals surface area contributed by atoms with Gasteiger partial charge in [-0.2, -0.15) is 16.8 Å². The van der Waals surface area contributed by atoms with Crippen LogP contribution in [0.5, 0.6) is 11.5 Å². The van der Waals surface area contributed by atoms with E-state index in [0.29, 0.717) is 223 Å². The molecule has 0 bridgehead atoms. The van der Waals surface area contributed by atoms with Crippen molar-refractivity contribution in [2.75, 3.05) is 236 Å². The van der Waals surface area contributed by atoms with E-state index in [1.807, 2.05) is 36.4 Å². The molecule has 0 spiro atoms. The first-order valence-corrected chi connectivity index (χ1v) is 28.3. The second kappa shape index (κ2) is 48.8. The number of hydrogen-bond donors (Lipinski definition) is 2. The molecule has 2 aromatic rings. The normalized spacial score (nSPS) is 12.1. The molecule has 0 heterocycles. The third kappa shape index (κ3) is 45.7. The van der Waals surface area contributed by atoms with Gasteiger partial charge in [0.25, 0.3) is 20.2 Å².